The van der Waals surface area contributed by atoms with Crippen LogP contribution in [0.1, 0.15) is 12.6 Å². The molecule has 0 saturated carbocycles. The quantitative estimate of drug-likeness (QED) is 0.634. The average molecular weight is 125 g/mol. The molecule has 0 atom stereocenters. The van der Waals surface area contributed by atoms with E-state index in [4.69, 9.17) is 4.74 Å². The normalized spacial score (nSPS) is 9.56. The molecule has 0 aromatic carbocycles. The summed E-state index contributed by atoms with van der Waals surface area (Å²) in [5.41, 5.74) is 0.979. The molecule has 0 fully saturated rings. The largest absolute Gasteiger partial charge is 0.479 e. The Morgan fingerprint density at radius 1 is 1.78 bits per heavy atom. The first kappa shape index (κ1) is 6.13. The number of hydrogen-bond acceptors (Lipinski definition) is 2. The van der Waals surface area contributed by atoms with Crippen molar-refractivity contribution in [2.45, 2.75) is 13.3 Å². The predicted octanol–water partition coefficient (Wildman–Crippen LogP) is 0.781. The van der Waals surface area contributed by atoms with Gasteiger partial charge >= 0.3 is 0 Å². The van der Waals surface area contributed by atoms with Crippen LogP contribution in [0.3, 0.4) is 0 Å². The van der Waals surface area contributed by atoms with Crippen LogP contribution in [0.25, 0.3) is 0 Å². The summed E-state index contributed by atoms with van der Waals surface area (Å²) in [6.07, 6.45) is 0.913. The summed E-state index contributed by atoms with van der Waals surface area (Å²) >= 11 is 0. The molecule has 0 aliphatic heterocycles. The highest BCUT2D eigenvalue weighted by molar-refractivity contribution is 5.10. The SMILES string of the molecule is CCc1[c]c(OC)n[nH]1. The van der Waals surface area contributed by atoms with E-state index in [0.29, 0.717) is 5.88 Å². The Labute approximate surface area is 54.0 Å². The van der Waals surface area contributed by atoms with Gasteiger partial charge < -0.3 is 4.74 Å². The maximum atomic E-state index is 4.80. The minimum absolute atomic E-state index is 0.534. The van der Waals surface area contributed by atoms with Gasteiger partial charge in [-0.1, -0.05) is 6.92 Å². The van der Waals surface area contributed by atoms with Crippen molar-refractivity contribution in [1.29, 1.82) is 0 Å². The lowest BCUT2D eigenvalue weighted by atomic mass is 10.3. The van der Waals surface area contributed by atoms with Crippen LogP contribution in [0.5, 0.6) is 5.88 Å². The molecule has 49 valence electrons. The Bertz CT molecular complexity index is 164. The van der Waals surface area contributed by atoms with Gasteiger partial charge in [-0.15, -0.1) is 5.10 Å². The van der Waals surface area contributed by atoms with E-state index in [0.717, 1.165) is 12.1 Å². The lowest BCUT2D eigenvalue weighted by molar-refractivity contribution is 0.396. The molecule has 3 nitrogen and oxygen atoms in total. The first-order chi connectivity index (χ1) is 4.36. The Morgan fingerprint density at radius 2 is 2.56 bits per heavy atom. The van der Waals surface area contributed by atoms with Gasteiger partial charge in [0.15, 0.2) is 0 Å². The molecule has 0 bridgehead atoms. The van der Waals surface area contributed by atoms with Crippen LogP contribution in [0.4, 0.5) is 0 Å². The molecule has 0 unspecified atom stereocenters. The van der Waals surface area contributed by atoms with E-state index < -0.39 is 0 Å². The number of nitrogens with zero attached hydrogens (tertiary/aromatic N) is 1. The predicted molar refractivity (Wildman–Crippen MR) is 33.4 cm³/mol. The molecule has 1 aromatic heterocycles. The van der Waals surface area contributed by atoms with Crippen LogP contribution in [0.15, 0.2) is 0 Å². The molecule has 0 aliphatic carbocycles. The molecule has 9 heavy (non-hydrogen) atoms. The highest BCUT2D eigenvalue weighted by atomic mass is 16.5. The fourth-order valence-electron chi connectivity index (χ4n) is 0.567. The summed E-state index contributed by atoms with van der Waals surface area (Å²) in [4.78, 5) is 0. The molecular formula is C6H9N2O. The van der Waals surface area contributed by atoms with Crippen molar-refractivity contribution in [3.8, 4) is 5.88 Å². The fraction of sp³-hybridized carbons (Fsp3) is 0.500. The Balaban J connectivity index is 2.74. The standard InChI is InChI=1S/C6H9N2O/c1-3-5-4-6(9-2)8-7-5/h3H2,1-2H3,(H,7,8). The van der Waals surface area contributed by atoms with E-state index in [1.165, 1.54) is 0 Å². The highest BCUT2D eigenvalue weighted by Gasteiger charge is 1.96. The third kappa shape index (κ3) is 1.22. The van der Waals surface area contributed by atoms with Crippen LogP contribution < -0.4 is 4.74 Å². The zero-order valence-corrected chi connectivity index (χ0v) is 5.56. The third-order valence-corrected chi connectivity index (χ3v) is 1.10. The van der Waals surface area contributed by atoms with Crippen LogP contribution in [0.2, 0.25) is 0 Å². The fourth-order valence-corrected chi connectivity index (χ4v) is 0.567. The number of aryl methyl sites for hydroxylation is 1. The maximum Gasteiger partial charge on any atom is 0.240 e. The molecule has 1 radical (unpaired) electrons. The molecule has 0 amide bonds. The number of hydrogen-bond donors (Lipinski definition) is 1. The molecule has 0 aliphatic rings. The van der Waals surface area contributed by atoms with Gasteiger partial charge in [0.25, 0.3) is 0 Å². The zero-order chi connectivity index (χ0) is 6.69. The first-order valence-electron chi connectivity index (χ1n) is 2.87. The third-order valence-electron chi connectivity index (χ3n) is 1.10. The molecule has 1 rings (SSSR count). The van der Waals surface area contributed by atoms with Gasteiger partial charge in [0.2, 0.25) is 5.88 Å². The minimum Gasteiger partial charge on any atom is -0.479 e. The van der Waals surface area contributed by atoms with Gasteiger partial charge in [-0.2, -0.15) is 0 Å². The minimum atomic E-state index is 0.534. The van der Waals surface area contributed by atoms with Gasteiger partial charge in [0.05, 0.1) is 13.2 Å². The van der Waals surface area contributed by atoms with E-state index in [2.05, 4.69) is 16.3 Å². The second kappa shape index (κ2) is 2.53. The summed E-state index contributed by atoms with van der Waals surface area (Å²) in [5.74, 6) is 0.534. The van der Waals surface area contributed by atoms with Crippen molar-refractivity contribution in [3.05, 3.63) is 11.8 Å². The molecule has 3 heteroatoms. The van der Waals surface area contributed by atoms with Gasteiger partial charge in [-0.3, -0.25) is 5.10 Å². The van der Waals surface area contributed by atoms with Crippen molar-refractivity contribution < 1.29 is 4.74 Å². The molecule has 1 N–H and O–H groups in total. The van der Waals surface area contributed by atoms with Crippen LogP contribution >= 0.6 is 0 Å². The van der Waals surface area contributed by atoms with Crippen molar-refractivity contribution >= 4 is 0 Å². The summed E-state index contributed by atoms with van der Waals surface area (Å²) in [6, 6.07) is 2.92. The summed E-state index contributed by atoms with van der Waals surface area (Å²) < 4.78 is 4.80. The average Bonchev–Trinajstić information content (AvgIpc) is 2.34. The number of rotatable bonds is 2. The van der Waals surface area contributed by atoms with Gasteiger partial charge in [0, 0.05) is 5.69 Å². The van der Waals surface area contributed by atoms with E-state index in [9.17, 15) is 0 Å². The number of nitrogens with one attached hydrogen (secondary N) is 1. The molecule has 0 spiro atoms. The molecule has 1 heterocycles. The summed E-state index contributed by atoms with van der Waals surface area (Å²) in [5, 5.41) is 6.58. The van der Waals surface area contributed by atoms with Crippen molar-refractivity contribution in [2.75, 3.05) is 7.11 Å². The summed E-state index contributed by atoms with van der Waals surface area (Å²) in [6.45, 7) is 2.03. The van der Waals surface area contributed by atoms with Crippen LogP contribution in [-0.4, -0.2) is 17.3 Å². The van der Waals surface area contributed by atoms with E-state index >= 15 is 0 Å². The van der Waals surface area contributed by atoms with Crippen molar-refractivity contribution in [1.82, 2.24) is 10.2 Å². The molecule has 1 aromatic rings. The number of aromatic amines is 1. The molecular weight excluding hydrogens is 116 g/mol. The zero-order valence-electron chi connectivity index (χ0n) is 5.56. The Morgan fingerprint density at radius 3 is 2.89 bits per heavy atom. The number of aromatic nitrogens is 2. The topological polar surface area (TPSA) is 37.9 Å². The maximum absolute atomic E-state index is 4.80. The lowest BCUT2D eigenvalue weighted by Gasteiger charge is -1.84. The Hall–Kier alpha value is -0.990. The smallest absolute Gasteiger partial charge is 0.240 e. The lowest BCUT2D eigenvalue weighted by Crippen LogP contribution is -1.80. The van der Waals surface area contributed by atoms with Crippen molar-refractivity contribution in [2.24, 2.45) is 0 Å². The second-order valence-electron chi connectivity index (χ2n) is 1.69. The monoisotopic (exact) mass is 125 g/mol. The summed E-state index contributed by atoms with van der Waals surface area (Å²) in [7, 11) is 1.58. The number of ether oxygens (including phenoxy) is 1. The van der Waals surface area contributed by atoms with Crippen LogP contribution in [-0.2, 0) is 6.42 Å². The number of H-pyrrole nitrogens is 1. The van der Waals surface area contributed by atoms with E-state index in [1.54, 1.807) is 7.11 Å². The first-order valence-corrected chi connectivity index (χ1v) is 2.87. The molecule has 0 saturated heterocycles. The van der Waals surface area contributed by atoms with E-state index in [1.807, 2.05) is 6.92 Å². The van der Waals surface area contributed by atoms with Gasteiger partial charge in [-0.25, -0.2) is 0 Å². The second-order valence-corrected chi connectivity index (χ2v) is 1.69. The van der Waals surface area contributed by atoms with E-state index in [-0.39, 0.29) is 0 Å². The highest BCUT2D eigenvalue weighted by Crippen LogP contribution is 2.04. The Kier molecular flexibility index (Phi) is 1.72. The van der Waals surface area contributed by atoms with Gasteiger partial charge in [-0.05, 0) is 6.42 Å². The van der Waals surface area contributed by atoms with Crippen molar-refractivity contribution in [3.63, 3.8) is 0 Å². The van der Waals surface area contributed by atoms with Crippen LogP contribution in [0, 0.1) is 6.07 Å². The number of methoxy groups -OCH3 is 1. The van der Waals surface area contributed by atoms with Gasteiger partial charge in [0.1, 0.15) is 0 Å².